The topological polar surface area (TPSA) is 178 Å². The van der Waals surface area contributed by atoms with Crippen molar-refractivity contribution in [3.05, 3.63) is 132 Å². The van der Waals surface area contributed by atoms with Gasteiger partial charge in [0, 0.05) is 16.5 Å². The Labute approximate surface area is 331 Å². The van der Waals surface area contributed by atoms with E-state index in [1.165, 1.54) is 0 Å². The molecule has 0 unspecified atom stereocenters. The van der Waals surface area contributed by atoms with Gasteiger partial charge in [-0.1, -0.05) is 86.6 Å². The first kappa shape index (κ1) is 39.4. The molecule has 1 aromatic heterocycles. The minimum absolute atomic E-state index is 0.0688. The average Bonchev–Trinajstić information content (AvgIpc) is 3.19. The first-order valence-electron chi connectivity index (χ1n) is 18.1. The van der Waals surface area contributed by atoms with Crippen LogP contribution in [-0.2, 0) is 25.7 Å². The van der Waals surface area contributed by atoms with Crippen LogP contribution in [0.4, 0.5) is 17.1 Å². The Bertz CT molecular complexity index is 2460. The molecular weight excluding hydrogens is 769 g/mol. The fourth-order valence-corrected chi connectivity index (χ4v) is 7.62. The molecule has 0 aliphatic carbocycles. The van der Waals surface area contributed by atoms with Crippen molar-refractivity contribution in [3.63, 3.8) is 0 Å². The number of nitrogens with zero attached hydrogens (tertiary/aromatic N) is 4. The van der Waals surface area contributed by atoms with E-state index < -0.39 is 37.2 Å². The van der Waals surface area contributed by atoms with E-state index in [9.17, 15) is 25.9 Å². The van der Waals surface area contributed by atoms with Crippen LogP contribution in [0, 0.1) is 0 Å². The van der Waals surface area contributed by atoms with Gasteiger partial charge in [-0.25, -0.2) is 4.98 Å². The molecule has 0 spiro atoms. The summed E-state index contributed by atoms with van der Waals surface area (Å²) < 4.78 is 82.1. The van der Waals surface area contributed by atoms with Gasteiger partial charge in [-0.3, -0.25) is 9.11 Å². The Morgan fingerprint density at radius 3 is 1.51 bits per heavy atom. The molecule has 0 amide bonds. The quantitative estimate of drug-likeness (QED) is 0.0747. The molecule has 1 aliphatic heterocycles. The van der Waals surface area contributed by atoms with Crippen LogP contribution in [0.3, 0.4) is 0 Å². The normalized spacial score (nSPS) is 13.4. The molecule has 5 aromatic carbocycles. The van der Waals surface area contributed by atoms with Gasteiger partial charge in [-0.05, 0) is 72.5 Å². The molecule has 57 heavy (non-hydrogen) atoms. The van der Waals surface area contributed by atoms with Crippen molar-refractivity contribution >= 4 is 37.3 Å². The number of aromatic nitrogens is 3. The monoisotopic (exact) mass is 808 g/mol. The lowest BCUT2D eigenvalue weighted by Crippen LogP contribution is -2.31. The number of benzene rings is 5. The average molecular weight is 809 g/mol. The number of anilines is 3. The Morgan fingerprint density at radius 1 is 0.579 bits per heavy atom. The van der Waals surface area contributed by atoms with Crippen LogP contribution < -0.4 is 19.1 Å². The van der Waals surface area contributed by atoms with Crippen molar-refractivity contribution in [1.29, 1.82) is 0 Å². The highest BCUT2D eigenvalue weighted by Gasteiger charge is 2.38. The summed E-state index contributed by atoms with van der Waals surface area (Å²) in [5.41, 5.74) is 5.01. The van der Waals surface area contributed by atoms with Crippen molar-refractivity contribution < 1.29 is 40.2 Å². The lowest BCUT2D eigenvalue weighted by molar-refractivity contribution is 0.314. The van der Waals surface area contributed by atoms with Crippen molar-refractivity contribution in [2.75, 3.05) is 29.6 Å². The van der Waals surface area contributed by atoms with E-state index in [0.29, 0.717) is 34.6 Å². The Morgan fingerprint density at radius 2 is 1.04 bits per heavy atom. The highest BCUT2D eigenvalue weighted by atomic mass is 32.2. The molecule has 7 rings (SSSR count). The predicted molar refractivity (Wildman–Crippen MR) is 217 cm³/mol. The Hall–Kier alpha value is -5.87. The van der Waals surface area contributed by atoms with E-state index in [4.69, 9.17) is 29.2 Å². The summed E-state index contributed by atoms with van der Waals surface area (Å²) in [6.07, 6.45) is 0.207. The van der Waals surface area contributed by atoms with Crippen LogP contribution in [0.15, 0.2) is 121 Å². The number of hydrogen-bond acceptors (Lipinski definition) is 11. The van der Waals surface area contributed by atoms with E-state index in [-0.39, 0.29) is 32.1 Å². The van der Waals surface area contributed by atoms with Crippen molar-refractivity contribution in [1.82, 2.24) is 15.0 Å². The van der Waals surface area contributed by atoms with Gasteiger partial charge in [0.2, 0.25) is 0 Å². The minimum atomic E-state index is -4.13. The summed E-state index contributed by atoms with van der Waals surface area (Å²) in [5, 5.41) is 0. The largest absolute Gasteiger partial charge is 0.494 e. The summed E-state index contributed by atoms with van der Waals surface area (Å²) in [4.78, 5) is 16.3. The molecule has 0 bridgehead atoms. The zero-order valence-electron chi connectivity index (χ0n) is 31.1. The van der Waals surface area contributed by atoms with E-state index in [1.807, 2.05) is 109 Å². The van der Waals surface area contributed by atoms with Crippen LogP contribution in [0.5, 0.6) is 23.3 Å². The van der Waals surface area contributed by atoms with E-state index in [0.717, 1.165) is 33.6 Å². The number of rotatable bonds is 15. The van der Waals surface area contributed by atoms with Crippen molar-refractivity contribution in [2.24, 2.45) is 0 Å². The molecule has 1 aliphatic rings. The predicted octanol–water partition coefficient (Wildman–Crippen LogP) is 8.42. The summed E-state index contributed by atoms with van der Waals surface area (Å²) in [5.74, 6) is 1.52. The minimum Gasteiger partial charge on any atom is -0.494 e. The summed E-state index contributed by atoms with van der Waals surface area (Å²) in [7, 11) is -8.26. The van der Waals surface area contributed by atoms with Crippen LogP contribution in [0.25, 0.3) is 22.8 Å². The van der Waals surface area contributed by atoms with Crippen LogP contribution in [0.1, 0.15) is 37.8 Å². The van der Waals surface area contributed by atoms with Crippen LogP contribution in [0.2, 0.25) is 0 Å². The van der Waals surface area contributed by atoms with E-state index in [1.54, 1.807) is 12.1 Å². The third-order valence-electron chi connectivity index (χ3n) is 9.38. The van der Waals surface area contributed by atoms with Crippen molar-refractivity contribution in [2.45, 2.75) is 32.1 Å². The maximum Gasteiger partial charge on any atom is 0.326 e. The van der Waals surface area contributed by atoms with Gasteiger partial charge in [0.15, 0.2) is 17.4 Å². The zero-order chi connectivity index (χ0) is 40.2. The summed E-state index contributed by atoms with van der Waals surface area (Å²) >= 11 is 0. The van der Waals surface area contributed by atoms with Gasteiger partial charge in [0.05, 0.1) is 41.8 Å². The molecule has 0 fully saturated rings. The fraction of sp³-hybridized carbons (Fsp3) is 0.214. The highest BCUT2D eigenvalue weighted by Crippen LogP contribution is 2.55. The standard InChI is InChI=1S/C42H40N4O9S2/c1-42(2)33-27-31(53-23-11-25-56(47,48)49)19-21-35(33)46(36-22-20-32(28-34(36)42)54-24-12-26-57(50,51)52)37-17-9-10-18-38(37)55-41-44-39(29-13-5-3-6-14-29)43-40(45-41)30-15-7-4-8-16-30/h3-10,13-22,27-28H,11-12,23-26H2,1-2H3,(H,47,48,49)(H,50,51,52). The number of fused-ring (bicyclic) bond motifs is 2. The van der Waals surface area contributed by atoms with E-state index in [2.05, 4.69) is 18.7 Å². The number of ether oxygens (including phenoxy) is 3. The third kappa shape index (κ3) is 9.40. The first-order chi connectivity index (χ1) is 27.2. The lowest BCUT2D eigenvalue weighted by atomic mass is 9.73. The second-order valence-electron chi connectivity index (χ2n) is 13.9. The molecule has 294 valence electrons. The molecule has 0 saturated heterocycles. The van der Waals surface area contributed by atoms with Gasteiger partial charge in [0.1, 0.15) is 11.5 Å². The second kappa shape index (κ2) is 16.3. The smallest absolute Gasteiger partial charge is 0.326 e. The van der Waals surface area contributed by atoms with Gasteiger partial charge in [0.25, 0.3) is 20.2 Å². The summed E-state index contributed by atoms with van der Waals surface area (Å²) in [6.45, 7) is 4.27. The highest BCUT2D eigenvalue weighted by molar-refractivity contribution is 7.86. The zero-order valence-corrected chi connectivity index (χ0v) is 32.8. The molecule has 0 atom stereocenters. The van der Waals surface area contributed by atoms with Gasteiger partial charge in [-0.15, -0.1) is 0 Å². The van der Waals surface area contributed by atoms with Crippen molar-refractivity contribution in [3.8, 4) is 46.0 Å². The van der Waals surface area contributed by atoms with Gasteiger partial charge in [-0.2, -0.15) is 26.8 Å². The Kier molecular flexibility index (Phi) is 11.3. The molecule has 13 nitrogen and oxygen atoms in total. The molecule has 0 saturated carbocycles. The van der Waals surface area contributed by atoms with Crippen LogP contribution in [-0.4, -0.2) is 65.6 Å². The molecule has 0 radical (unpaired) electrons. The van der Waals surface area contributed by atoms with Crippen LogP contribution >= 0.6 is 0 Å². The Balaban J connectivity index is 1.31. The maximum atomic E-state index is 11.3. The molecule has 2 N–H and O–H groups in total. The number of hydrogen-bond donors (Lipinski definition) is 2. The molecule has 15 heteroatoms. The first-order valence-corrected chi connectivity index (χ1v) is 21.4. The fourth-order valence-electron chi connectivity index (χ4n) is 6.66. The third-order valence-corrected chi connectivity index (χ3v) is 11.0. The summed E-state index contributed by atoms with van der Waals surface area (Å²) in [6, 6.07) is 38.1. The SMILES string of the molecule is CC1(C)c2cc(OCCCS(=O)(=O)O)ccc2N(c2ccccc2Oc2nc(-c3ccccc3)nc(-c3ccccc3)n2)c2ccc(OCCCS(=O)(=O)O)cc21. The van der Waals surface area contributed by atoms with E-state index >= 15 is 0 Å². The number of para-hydroxylation sites is 2. The second-order valence-corrected chi connectivity index (χ2v) is 17.0. The molecule has 2 heterocycles. The maximum absolute atomic E-state index is 11.3. The lowest BCUT2D eigenvalue weighted by Gasteiger charge is -2.42. The van der Waals surface area contributed by atoms with Gasteiger partial charge >= 0.3 is 6.01 Å². The van der Waals surface area contributed by atoms with Gasteiger partial charge < -0.3 is 19.1 Å². The molecule has 6 aromatic rings. The molecular formula is C42H40N4O9S2.